The maximum atomic E-state index is 12.6. The lowest BCUT2D eigenvalue weighted by molar-refractivity contribution is -0.139. The van der Waals surface area contributed by atoms with Gasteiger partial charge in [-0.1, -0.05) is 29.8 Å². The van der Waals surface area contributed by atoms with Crippen molar-refractivity contribution in [3.63, 3.8) is 0 Å². The van der Waals surface area contributed by atoms with Crippen LogP contribution in [0.25, 0.3) is 0 Å². The van der Waals surface area contributed by atoms with Gasteiger partial charge in [-0.05, 0) is 19.4 Å². The summed E-state index contributed by atoms with van der Waals surface area (Å²) in [6.07, 6.45) is 0. The zero-order chi connectivity index (χ0) is 18.1. The molecule has 2 aliphatic rings. The fourth-order valence-electron chi connectivity index (χ4n) is 3.48. The second kappa shape index (κ2) is 6.74. The molecule has 0 bridgehead atoms. The van der Waals surface area contributed by atoms with Gasteiger partial charge in [0.05, 0.1) is 6.04 Å². The molecule has 134 valence electrons. The summed E-state index contributed by atoms with van der Waals surface area (Å²) in [7, 11) is 1.75. The van der Waals surface area contributed by atoms with Gasteiger partial charge in [0.15, 0.2) is 0 Å². The number of rotatable bonds is 4. The summed E-state index contributed by atoms with van der Waals surface area (Å²) in [5.74, 6) is -0.253. The van der Waals surface area contributed by atoms with E-state index in [1.807, 2.05) is 31.2 Å². The Kier molecular flexibility index (Phi) is 4.65. The van der Waals surface area contributed by atoms with Gasteiger partial charge in [-0.25, -0.2) is 4.79 Å². The minimum Gasteiger partial charge on any atom is -0.350 e. The molecule has 1 aromatic carbocycles. The number of amides is 4. The zero-order valence-corrected chi connectivity index (χ0v) is 14.9. The molecule has 7 heteroatoms. The molecule has 2 fully saturated rings. The molecule has 2 atom stereocenters. The Morgan fingerprint density at radius 3 is 2.56 bits per heavy atom. The molecule has 4 amide bonds. The molecule has 1 N–H and O–H groups in total. The van der Waals surface area contributed by atoms with Gasteiger partial charge in [0, 0.05) is 26.7 Å². The minimum absolute atomic E-state index is 0.0162. The molecule has 7 nitrogen and oxygen atoms in total. The summed E-state index contributed by atoms with van der Waals surface area (Å²) in [6.45, 7) is 5.19. The zero-order valence-electron chi connectivity index (χ0n) is 14.9. The van der Waals surface area contributed by atoms with E-state index >= 15 is 0 Å². The van der Waals surface area contributed by atoms with Crippen LogP contribution in [-0.2, 0) is 16.1 Å². The maximum Gasteiger partial charge on any atom is 0.321 e. The average Bonchev–Trinajstić information content (AvgIpc) is 2.88. The Labute approximate surface area is 147 Å². The number of piperazine rings is 1. The van der Waals surface area contributed by atoms with Gasteiger partial charge in [-0.2, -0.15) is 0 Å². The molecule has 2 heterocycles. The van der Waals surface area contributed by atoms with Crippen molar-refractivity contribution in [1.82, 2.24) is 20.0 Å². The first-order chi connectivity index (χ1) is 11.9. The largest absolute Gasteiger partial charge is 0.350 e. The van der Waals surface area contributed by atoms with E-state index in [0.717, 1.165) is 5.56 Å². The van der Waals surface area contributed by atoms with Crippen molar-refractivity contribution in [2.24, 2.45) is 0 Å². The minimum atomic E-state index is -0.475. The highest BCUT2D eigenvalue weighted by Crippen LogP contribution is 2.24. The Morgan fingerprint density at radius 2 is 1.88 bits per heavy atom. The molecule has 0 spiro atoms. The Balaban J connectivity index is 1.56. The first-order valence-electron chi connectivity index (χ1n) is 8.51. The van der Waals surface area contributed by atoms with Crippen LogP contribution in [0.3, 0.4) is 0 Å². The van der Waals surface area contributed by atoms with E-state index in [0.29, 0.717) is 19.6 Å². The van der Waals surface area contributed by atoms with Crippen molar-refractivity contribution < 1.29 is 14.4 Å². The van der Waals surface area contributed by atoms with Crippen LogP contribution in [0.2, 0.25) is 0 Å². The molecular weight excluding hydrogens is 320 g/mol. The van der Waals surface area contributed by atoms with Crippen LogP contribution >= 0.6 is 0 Å². The van der Waals surface area contributed by atoms with Crippen LogP contribution in [0, 0.1) is 6.92 Å². The molecule has 25 heavy (non-hydrogen) atoms. The molecule has 3 rings (SSSR count). The molecule has 2 saturated heterocycles. The van der Waals surface area contributed by atoms with Crippen molar-refractivity contribution in [3.8, 4) is 0 Å². The lowest BCUT2D eigenvalue weighted by atomic mass is 10.1. The fourth-order valence-corrected chi connectivity index (χ4v) is 3.48. The summed E-state index contributed by atoms with van der Waals surface area (Å²) in [6, 6.07) is 7.19. The number of nitrogens with zero attached hydrogens (tertiary/aromatic N) is 3. The number of carbonyl (C=O) groups is 3. The normalized spacial score (nSPS) is 23.1. The lowest BCUT2D eigenvalue weighted by Gasteiger charge is -2.38. The van der Waals surface area contributed by atoms with Crippen molar-refractivity contribution >= 4 is 17.8 Å². The highest BCUT2D eigenvalue weighted by molar-refractivity contribution is 5.91. The predicted octanol–water partition coefficient (Wildman–Crippen LogP) is 0.578. The van der Waals surface area contributed by atoms with E-state index < -0.39 is 6.04 Å². The van der Waals surface area contributed by atoms with Crippen LogP contribution in [0.4, 0.5) is 4.79 Å². The van der Waals surface area contributed by atoms with Crippen LogP contribution in [-0.4, -0.2) is 71.3 Å². The van der Waals surface area contributed by atoms with Crippen LogP contribution in [0.1, 0.15) is 18.1 Å². The van der Waals surface area contributed by atoms with E-state index in [2.05, 4.69) is 5.32 Å². The van der Waals surface area contributed by atoms with Gasteiger partial charge in [0.1, 0.15) is 12.6 Å². The second-order valence-electron chi connectivity index (χ2n) is 6.88. The number of fused-ring (bicyclic) bond motifs is 1. The van der Waals surface area contributed by atoms with Gasteiger partial charge in [0.25, 0.3) is 0 Å². The number of urea groups is 1. The van der Waals surface area contributed by atoms with E-state index in [-0.39, 0.29) is 30.4 Å². The topological polar surface area (TPSA) is 73.0 Å². The van der Waals surface area contributed by atoms with Crippen LogP contribution in [0.15, 0.2) is 24.3 Å². The van der Waals surface area contributed by atoms with Gasteiger partial charge in [0.2, 0.25) is 11.8 Å². The van der Waals surface area contributed by atoms with Crippen LogP contribution < -0.4 is 5.32 Å². The van der Waals surface area contributed by atoms with Crippen molar-refractivity contribution in [2.45, 2.75) is 32.5 Å². The van der Waals surface area contributed by atoms with Gasteiger partial charge < -0.3 is 20.0 Å². The number of hydrogen-bond acceptors (Lipinski definition) is 3. The quantitative estimate of drug-likeness (QED) is 0.868. The summed E-state index contributed by atoms with van der Waals surface area (Å²) in [5.41, 5.74) is 2.19. The monoisotopic (exact) mass is 344 g/mol. The summed E-state index contributed by atoms with van der Waals surface area (Å²) >= 11 is 0. The third-order valence-corrected chi connectivity index (χ3v) is 4.90. The number of benzene rings is 1. The van der Waals surface area contributed by atoms with E-state index in [1.54, 1.807) is 23.8 Å². The Bertz CT molecular complexity index is 688. The Hall–Kier alpha value is -2.57. The highest BCUT2D eigenvalue weighted by atomic mass is 16.2. The molecular formula is C18H24N4O3. The number of aryl methyl sites for hydroxylation is 1. The van der Waals surface area contributed by atoms with E-state index in [1.165, 1.54) is 10.5 Å². The lowest BCUT2D eigenvalue weighted by Crippen LogP contribution is -2.58. The third kappa shape index (κ3) is 3.45. The van der Waals surface area contributed by atoms with Gasteiger partial charge in [-0.3, -0.25) is 9.59 Å². The molecule has 2 aliphatic heterocycles. The molecule has 1 aromatic rings. The number of hydrogen-bond donors (Lipinski definition) is 1. The number of likely N-dealkylation sites (N-methyl/N-ethyl adjacent to an activating group) is 1. The maximum absolute atomic E-state index is 12.6. The van der Waals surface area contributed by atoms with Crippen LogP contribution in [0.5, 0.6) is 0 Å². The third-order valence-electron chi connectivity index (χ3n) is 4.90. The molecule has 0 aliphatic carbocycles. The van der Waals surface area contributed by atoms with Crippen molar-refractivity contribution in [3.05, 3.63) is 35.4 Å². The van der Waals surface area contributed by atoms with Gasteiger partial charge >= 0.3 is 6.03 Å². The smallest absolute Gasteiger partial charge is 0.321 e. The average molecular weight is 344 g/mol. The summed E-state index contributed by atoms with van der Waals surface area (Å²) in [4.78, 5) is 41.6. The van der Waals surface area contributed by atoms with Crippen molar-refractivity contribution in [1.29, 1.82) is 0 Å². The highest BCUT2D eigenvalue weighted by Gasteiger charge is 2.47. The summed E-state index contributed by atoms with van der Waals surface area (Å²) in [5, 5.41) is 2.85. The number of nitrogens with one attached hydrogen (secondary N) is 1. The second-order valence-corrected chi connectivity index (χ2v) is 6.88. The Morgan fingerprint density at radius 1 is 1.20 bits per heavy atom. The van der Waals surface area contributed by atoms with Crippen molar-refractivity contribution in [2.75, 3.05) is 26.7 Å². The first kappa shape index (κ1) is 17.3. The van der Waals surface area contributed by atoms with E-state index in [4.69, 9.17) is 0 Å². The summed E-state index contributed by atoms with van der Waals surface area (Å²) < 4.78 is 0. The van der Waals surface area contributed by atoms with E-state index in [9.17, 15) is 14.4 Å². The molecule has 0 aromatic heterocycles. The first-order valence-corrected chi connectivity index (χ1v) is 8.51. The molecule has 0 unspecified atom stereocenters. The molecule has 0 saturated carbocycles. The predicted molar refractivity (Wildman–Crippen MR) is 92.7 cm³/mol. The standard InChI is InChI=1S/C18H24N4O3/c1-12-4-6-14(7-5-12)8-19-16(23)11-21-10-15-9-20(3)17(24)13(2)22(15)18(21)25/h4-7,13,15H,8-11H2,1-3H3,(H,19,23)/t13-,15-/m0/s1. The number of carbonyl (C=O) groups excluding carboxylic acids is 3. The SMILES string of the molecule is Cc1ccc(CNC(=O)CN2C[C@@H]3CN(C)C(=O)[C@H](C)N3C2=O)cc1. The fraction of sp³-hybridized carbons (Fsp3) is 0.500. The molecule has 0 radical (unpaired) electrons. The van der Waals surface area contributed by atoms with Gasteiger partial charge in [-0.15, -0.1) is 0 Å².